The molecule has 0 amide bonds. The molecule has 1 aliphatic heterocycles. The van der Waals surface area contributed by atoms with Crippen molar-refractivity contribution in [2.45, 2.75) is 58.1 Å². The van der Waals surface area contributed by atoms with Gasteiger partial charge in [0, 0.05) is 23.9 Å². The van der Waals surface area contributed by atoms with Gasteiger partial charge in [0.25, 0.3) is 5.89 Å². The van der Waals surface area contributed by atoms with E-state index in [-0.39, 0.29) is 12.0 Å². The number of aliphatic hydroxyl groups is 1. The lowest BCUT2D eigenvalue weighted by Gasteiger charge is -2.34. The third-order valence-electron chi connectivity index (χ3n) is 5.29. The lowest BCUT2D eigenvalue weighted by Crippen LogP contribution is -2.42. The van der Waals surface area contributed by atoms with Crippen LogP contribution in [0.4, 0.5) is 0 Å². The highest BCUT2D eigenvalue weighted by molar-refractivity contribution is 5.91. The number of fused-ring (bicyclic) bond motifs is 1. The second kappa shape index (κ2) is 7.29. The third-order valence-corrected chi connectivity index (χ3v) is 5.29. The lowest BCUT2D eigenvalue weighted by molar-refractivity contribution is 0.0273. The number of benzene rings is 1. The quantitative estimate of drug-likeness (QED) is 0.725. The van der Waals surface area contributed by atoms with E-state index in [9.17, 15) is 5.11 Å². The van der Waals surface area contributed by atoms with Gasteiger partial charge in [0.1, 0.15) is 0 Å². The molecule has 1 N–H and O–H groups in total. The highest BCUT2D eigenvalue weighted by Gasteiger charge is 2.28. The van der Waals surface area contributed by atoms with Gasteiger partial charge >= 0.3 is 0 Å². The molecule has 7 heteroatoms. The van der Waals surface area contributed by atoms with E-state index in [0.29, 0.717) is 18.3 Å². The van der Waals surface area contributed by atoms with Crippen LogP contribution in [0.3, 0.4) is 0 Å². The van der Waals surface area contributed by atoms with Crippen molar-refractivity contribution in [1.82, 2.24) is 24.9 Å². The fraction of sp³-hybridized carbons (Fsp3) is 0.571. The predicted molar refractivity (Wildman–Crippen MR) is 108 cm³/mol. The van der Waals surface area contributed by atoms with E-state index < -0.39 is 5.60 Å². The van der Waals surface area contributed by atoms with Gasteiger partial charge < -0.3 is 14.4 Å². The molecule has 0 bridgehead atoms. The number of para-hydroxylation sites is 1. The number of rotatable bonds is 5. The molecule has 3 heterocycles. The topological polar surface area (TPSA) is 80.2 Å². The molecule has 7 nitrogen and oxygen atoms in total. The average Bonchev–Trinajstić information content (AvgIpc) is 3.25. The first kappa shape index (κ1) is 19.1. The maximum absolute atomic E-state index is 10.0. The first-order chi connectivity index (χ1) is 13.3. The zero-order chi connectivity index (χ0) is 19.9. The van der Waals surface area contributed by atoms with Gasteiger partial charge in [-0.3, -0.25) is 4.68 Å². The van der Waals surface area contributed by atoms with Crippen molar-refractivity contribution in [2.75, 3.05) is 19.6 Å². The van der Waals surface area contributed by atoms with Crippen molar-refractivity contribution in [3.05, 3.63) is 30.2 Å². The van der Waals surface area contributed by atoms with Gasteiger partial charge in [-0.15, -0.1) is 10.2 Å². The van der Waals surface area contributed by atoms with Crippen molar-refractivity contribution < 1.29 is 9.52 Å². The van der Waals surface area contributed by atoms with Crippen molar-refractivity contribution in [3.63, 3.8) is 0 Å². The number of β-amino-alcohol motifs (C(OH)–C–C–N with tert-alkyl or cyclic N) is 1. The van der Waals surface area contributed by atoms with E-state index in [1.165, 1.54) is 0 Å². The van der Waals surface area contributed by atoms with Crippen LogP contribution in [0, 0.1) is 0 Å². The Hall–Kier alpha value is -2.25. The fourth-order valence-electron chi connectivity index (χ4n) is 4.02. The molecule has 0 atom stereocenters. The number of hydrogen-bond acceptors (Lipinski definition) is 6. The molecule has 2 aromatic heterocycles. The molecule has 0 unspecified atom stereocenters. The monoisotopic (exact) mass is 383 g/mol. The first-order valence-corrected chi connectivity index (χ1v) is 10.1. The summed E-state index contributed by atoms with van der Waals surface area (Å²) in [6.07, 6.45) is 1.91. The summed E-state index contributed by atoms with van der Waals surface area (Å²) in [6, 6.07) is 8.40. The number of piperidine rings is 1. The Morgan fingerprint density at radius 1 is 1.18 bits per heavy atom. The van der Waals surface area contributed by atoms with Crippen LogP contribution in [-0.4, -0.2) is 55.2 Å². The summed E-state index contributed by atoms with van der Waals surface area (Å²) in [5.41, 5.74) is 1.16. The van der Waals surface area contributed by atoms with Crippen LogP contribution in [0.15, 0.2) is 28.7 Å². The van der Waals surface area contributed by atoms with E-state index in [4.69, 9.17) is 9.52 Å². The summed E-state index contributed by atoms with van der Waals surface area (Å²) in [7, 11) is 0. The second-order valence-corrected chi connectivity index (χ2v) is 8.71. The molecule has 0 saturated carbocycles. The van der Waals surface area contributed by atoms with Crippen molar-refractivity contribution in [3.8, 4) is 11.6 Å². The highest BCUT2D eigenvalue weighted by atomic mass is 16.4. The Morgan fingerprint density at radius 2 is 1.89 bits per heavy atom. The summed E-state index contributed by atoms with van der Waals surface area (Å²) in [4.78, 5) is 2.30. The minimum Gasteiger partial charge on any atom is -0.419 e. The van der Waals surface area contributed by atoms with Gasteiger partial charge in [0.15, 0.2) is 5.69 Å². The summed E-state index contributed by atoms with van der Waals surface area (Å²) in [5, 5.41) is 24.5. The van der Waals surface area contributed by atoms with E-state index in [1.54, 1.807) is 0 Å². The molecule has 1 fully saturated rings. The van der Waals surface area contributed by atoms with Crippen LogP contribution in [-0.2, 0) is 0 Å². The van der Waals surface area contributed by atoms with Crippen LogP contribution >= 0.6 is 0 Å². The van der Waals surface area contributed by atoms with Gasteiger partial charge in [-0.2, -0.15) is 5.10 Å². The van der Waals surface area contributed by atoms with Gasteiger partial charge in [-0.25, -0.2) is 0 Å². The van der Waals surface area contributed by atoms with Crippen molar-refractivity contribution >= 4 is 10.9 Å². The maximum atomic E-state index is 10.0. The molecule has 1 saturated heterocycles. The number of nitrogens with zero attached hydrogens (tertiary/aromatic N) is 5. The minimum atomic E-state index is -0.666. The number of hydrogen-bond donors (Lipinski definition) is 1. The van der Waals surface area contributed by atoms with Gasteiger partial charge in [0.2, 0.25) is 5.89 Å². The number of likely N-dealkylation sites (tertiary alicyclic amines) is 1. The highest BCUT2D eigenvalue weighted by Crippen LogP contribution is 2.32. The van der Waals surface area contributed by atoms with Crippen LogP contribution in [0.2, 0.25) is 0 Å². The average molecular weight is 383 g/mol. The Balaban J connectivity index is 1.54. The van der Waals surface area contributed by atoms with E-state index in [0.717, 1.165) is 42.5 Å². The van der Waals surface area contributed by atoms with Crippen LogP contribution < -0.4 is 0 Å². The van der Waals surface area contributed by atoms with E-state index in [2.05, 4.69) is 41.1 Å². The third kappa shape index (κ3) is 3.82. The maximum Gasteiger partial charge on any atom is 0.268 e. The molecular weight excluding hydrogens is 354 g/mol. The summed E-state index contributed by atoms with van der Waals surface area (Å²) < 4.78 is 8.08. The molecular formula is C21H29N5O2. The minimum absolute atomic E-state index is 0.251. The van der Waals surface area contributed by atoms with Crippen molar-refractivity contribution in [1.29, 1.82) is 0 Å². The van der Waals surface area contributed by atoms with Crippen LogP contribution in [0.5, 0.6) is 0 Å². The zero-order valence-corrected chi connectivity index (χ0v) is 17.1. The smallest absolute Gasteiger partial charge is 0.268 e. The van der Waals surface area contributed by atoms with Gasteiger partial charge in [-0.05, 0) is 59.7 Å². The second-order valence-electron chi connectivity index (χ2n) is 8.71. The van der Waals surface area contributed by atoms with Gasteiger partial charge in [-0.1, -0.05) is 18.2 Å². The molecule has 4 rings (SSSR count). The van der Waals surface area contributed by atoms with E-state index in [1.807, 2.05) is 30.7 Å². The Bertz CT molecular complexity index is 945. The Kier molecular flexibility index (Phi) is 4.97. The first-order valence-electron chi connectivity index (χ1n) is 10.1. The van der Waals surface area contributed by atoms with E-state index >= 15 is 0 Å². The molecule has 28 heavy (non-hydrogen) atoms. The standard InChI is InChI=1S/C21H29N5O2/c1-14(2)26-17-8-6-5-7-16(17)18(24-26)20-23-22-19(28-20)15-9-11-25(12-10-15)13-21(3,4)27/h5-8,14-15,27H,9-13H2,1-4H3. The molecule has 1 aromatic carbocycles. The Labute approximate surface area is 165 Å². The molecule has 0 radical (unpaired) electrons. The molecule has 1 aliphatic rings. The van der Waals surface area contributed by atoms with Gasteiger partial charge in [0.05, 0.1) is 11.1 Å². The summed E-state index contributed by atoms with van der Waals surface area (Å²) in [6.45, 7) is 10.5. The van der Waals surface area contributed by atoms with Crippen LogP contribution in [0.1, 0.15) is 58.4 Å². The normalized spacial score (nSPS) is 17.1. The molecule has 150 valence electrons. The fourth-order valence-corrected chi connectivity index (χ4v) is 4.02. The molecule has 3 aromatic rings. The lowest BCUT2D eigenvalue weighted by atomic mass is 9.96. The Morgan fingerprint density at radius 3 is 2.57 bits per heavy atom. The number of aromatic nitrogens is 4. The SMILES string of the molecule is CC(C)n1nc(-c2nnc(C3CCN(CC(C)(C)O)CC3)o2)c2ccccc21. The van der Waals surface area contributed by atoms with Crippen LogP contribution in [0.25, 0.3) is 22.5 Å². The predicted octanol–water partition coefficient (Wildman–Crippen LogP) is 3.62. The summed E-state index contributed by atoms with van der Waals surface area (Å²) in [5.74, 6) is 1.45. The van der Waals surface area contributed by atoms with Crippen molar-refractivity contribution in [2.24, 2.45) is 0 Å². The zero-order valence-electron chi connectivity index (χ0n) is 17.1. The molecule has 0 spiro atoms. The molecule has 0 aliphatic carbocycles. The summed E-state index contributed by atoms with van der Waals surface area (Å²) >= 11 is 0. The largest absolute Gasteiger partial charge is 0.419 e.